The highest BCUT2D eigenvalue weighted by atomic mass is 16.6. The number of anilines is 1. The van der Waals surface area contributed by atoms with Crippen molar-refractivity contribution in [2.75, 3.05) is 19.0 Å². The lowest BCUT2D eigenvalue weighted by Crippen LogP contribution is -2.13. The number of rotatable bonds is 6. The number of nitrogens with zero attached hydrogens (tertiary/aromatic N) is 1. The number of nitro groups is 1. The Hall–Kier alpha value is -3.09. The van der Waals surface area contributed by atoms with Crippen molar-refractivity contribution < 1.29 is 19.2 Å². The van der Waals surface area contributed by atoms with Gasteiger partial charge in [0.2, 0.25) is 0 Å². The zero-order chi connectivity index (χ0) is 17.7. The van der Waals surface area contributed by atoms with Gasteiger partial charge < -0.3 is 14.8 Å². The van der Waals surface area contributed by atoms with E-state index in [9.17, 15) is 14.9 Å². The van der Waals surface area contributed by atoms with E-state index in [1.165, 1.54) is 19.2 Å². The lowest BCUT2D eigenvalue weighted by molar-refractivity contribution is -0.385. The Kier molecular flexibility index (Phi) is 5.36. The van der Waals surface area contributed by atoms with Gasteiger partial charge in [-0.25, -0.2) is 0 Å². The third kappa shape index (κ3) is 3.62. The van der Waals surface area contributed by atoms with Gasteiger partial charge in [0.05, 0.1) is 29.9 Å². The van der Waals surface area contributed by atoms with E-state index in [1.807, 2.05) is 6.92 Å². The molecule has 0 atom stereocenters. The van der Waals surface area contributed by atoms with Crippen molar-refractivity contribution in [3.63, 3.8) is 0 Å². The van der Waals surface area contributed by atoms with Crippen molar-refractivity contribution in [2.24, 2.45) is 0 Å². The van der Waals surface area contributed by atoms with Crippen LogP contribution >= 0.6 is 0 Å². The Morgan fingerprint density at radius 2 is 2.00 bits per heavy atom. The minimum absolute atomic E-state index is 0.0439. The fourth-order valence-electron chi connectivity index (χ4n) is 2.24. The molecule has 126 valence electrons. The van der Waals surface area contributed by atoms with Crippen LogP contribution in [0.4, 0.5) is 11.4 Å². The molecule has 0 aliphatic carbocycles. The van der Waals surface area contributed by atoms with Crippen LogP contribution in [0.1, 0.15) is 22.8 Å². The van der Waals surface area contributed by atoms with Gasteiger partial charge in [0.25, 0.3) is 11.6 Å². The SMILES string of the molecule is CCOc1cc(C(=O)Nc2cccc([N+](=O)[O-])c2C)ccc1OC. The second kappa shape index (κ2) is 7.45. The summed E-state index contributed by atoms with van der Waals surface area (Å²) in [7, 11) is 1.52. The lowest BCUT2D eigenvalue weighted by Gasteiger charge is -2.12. The number of hydrogen-bond donors (Lipinski definition) is 1. The monoisotopic (exact) mass is 330 g/mol. The number of methoxy groups -OCH3 is 1. The third-order valence-electron chi connectivity index (χ3n) is 3.48. The summed E-state index contributed by atoms with van der Waals surface area (Å²) >= 11 is 0. The van der Waals surface area contributed by atoms with Gasteiger partial charge >= 0.3 is 0 Å². The minimum atomic E-state index is -0.481. The van der Waals surface area contributed by atoms with Gasteiger partial charge in [-0.3, -0.25) is 14.9 Å². The van der Waals surface area contributed by atoms with Gasteiger partial charge in [0.15, 0.2) is 11.5 Å². The van der Waals surface area contributed by atoms with Crippen LogP contribution in [0.15, 0.2) is 36.4 Å². The second-order valence-corrected chi connectivity index (χ2v) is 4.96. The smallest absolute Gasteiger partial charge is 0.274 e. The highest BCUT2D eigenvalue weighted by molar-refractivity contribution is 6.05. The van der Waals surface area contributed by atoms with E-state index < -0.39 is 4.92 Å². The Bertz CT molecular complexity index is 774. The van der Waals surface area contributed by atoms with Crippen molar-refractivity contribution in [1.29, 1.82) is 0 Å². The highest BCUT2D eigenvalue weighted by Crippen LogP contribution is 2.29. The summed E-state index contributed by atoms with van der Waals surface area (Å²) in [6, 6.07) is 9.35. The number of nitrogens with one attached hydrogen (secondary N) is 1. The van der Waals surface area contributed by atoms with Gasteiger partial charge in [-0.1, -0.05) is 6.07 Å². The Balaban J connectivity index is 2.29. The number of carbonyl (C=O) groups is 1. The Morgan fingerprint density at radius 3 is 2.62 bits per heavy atom. The molecule has 7 nitrogen and oxygen atoms in total. The topological polar surface area (TPSA) is 90.7 Å². The van der Waals surface area contributed by atoms with E-state index in [1.54, 1.807) is 31.2 Å². The normalized spacial score (nSPS) is 10.1. The van der Waals surface area contributed by atoms with Crippen LogP contribution in [0.25, 0.3) is 0 Å². The van der Waals surface area contributed by atoms with Crippen LogP contribution in [0.3, 0.4) is 0 Å². The van der Waals surface area contributed by atoms with Crippen LogP contribution in [0.2, 0.25) is 0 Å². The minimum Gasteiger partial charge on any atom is -0.493 e. The van der Waals surface area contributed by atoms with Gasteiger partial charge in [-0.2, -0.15) is 0 Å². The first-order valence-electron chi connectivity index (χ1n) is 7.34. The molecular formula is C17H18N2O5. The van der Waals surface area contributed by atoms with Crippen molar-refractivity contribution in [3.05, 3.63) is 57.6 Å². The predicted octanol–water partition coefficient (Wildman–Crippen LogP) is 3.56. The number of amides is 1. The van der Waals surface area contributed by atoms with Crippen LogP contribution < -0.4 is 14.8 Å². The van der Waals surface area contributed by atoms with Crippen LogP contribution in [0.5, 0.6) is 11.5 Å². The molecule has 2 aromatic carbocycles. The maximum atomic E-state index is 12.4. The lowest BCUT2D eigenvalue weighted by atomic mass is 10.1. The summed E-state index contributed by atoms with van der Waals surface area (Å²) in [4.78, 5) is 22.9. The molecule has 0 spiro atoms. The van der Waals surface area contributed by atoms with Gasteiger partial charge in [0, 0.05) is 11.6 Å². The average Bonchev–Trinajstić information content (AvgIpc) is 2.56. The molecule has 2 rings (SSSR count). The quantitative estimate of drug-likeness (QED) is 0.646. The standard InChI is InChI=1S/C17H18N2O5/c1-4-24-16-10-12(8-9-15(16)23-3)17(20)18-13-6-5-7-14(11(13)2)19(21)22/h5-10H,4H2,1-3H3,(H,18,20). The summed E-state index contributed by atoms with van der Waals surface area (Å²) in [5.74, 6) is 0.602. The first-order valence-corrected chi connectivity index (χ1v) is 7.34. The van der Waals surface area contributed by atoms with E-state index in [0.29, 0.717) is 34.9 Å². The van der Waals surface area contributed by atoms with Crippen molar-refractivity contribution in [1.82, 2.24) is 0 Å². The summed E-state index contributed by atoms with van der Waals surface area (Å²) in [5.41, 5.74) is 1.11. The van der Waals surface area contributed by atoms with Gasteiger partial charge in [-0.05, 0) is 38.1 Å². The predicted molar refractivity (Wildman–Crippen MR) is 89.9 cm³/mol. The molecule has 0 fully saturated rings. The average molecular weight is 330 g/mol. The highest BCUT2D eigenvalue weighted by Gasteiger charge is 2.16. The molecule has 0 aromatic heterocycles. The maximum absolute atomic E-state index is 12.4. The molecule has 0 unspecified atom stereocenters. The van der Waals surface area contributed by atoms with Gasteiger partial charge in [-0.15, -0.1) is 0 Å². The fourth-order valence-corrected chi connectivity index (χ4v) is 2.24. The molecule has 2 aromatic rings. The van der Waals surface area contributed by atoms with E-state index in [-0.39, 0.29) is 11.6 Å². The van der Waals surface area contributed by atoms with Gasteiger partial charge in [0.1, 0.15) is 0 Å². The van der Waals surface area contributed by atoms with Crippen molar-refractivity contribution >= 4 is 17.3 Å². The zero-order valence-electron chi connectivity index (χ0n) is 13.7. The molecule has 1 amide bonds. The van der Waals surface area contributed by atoms with E-state index >= 15 is 0 Å². The largest absolute Gasteiger partial charge is 0.493 e. The molecule has 7 heteroatoms. The molecular weight excluding hydrogens is 312 g/mol. The first-order chi connectivity index (χ1) is 11.5. The summed E-state index contributed by atoms with van der Waals surface area (Å²) < 4.78 is 10.6. The molecule has 0 saturated carbocycles. The molecule has 0 bridgehead atoms. The van der Waals surface area contributed by atoms with Crippen molar-refractivity contribution in [2.45, 2.75) is 13.8 Å². The number of benzene rings is 2. The molecule has 1 N–H and O–H groups in total. The van der Waals surface area contributed by atoms with Crippen LogP contribution in [-0.4, -0.2) is 24.5 Å². The summed E-state index contributed by atoms with van der Waals surface area (Å²) in [6.45, 7) is 3.86. The number of carbonyl (C=O) groups excluding carboxylic acids is 1. The van der Waals surface area contributed by atoms with Crippen LogP contribution in [0, 0.1) is 17.0 Å². The summed E-state index contributed by atoms with van der Waals surface area (Å²) in [5, 5.41) is 13.7. The number of nitro benzene ring substituents is 1. The summed E-state index contributed by atoms with van der Waals surface area (Å²) in [6.07, 6.45) is 0. The molecule has 0 heterocycles. The first kappa shape index (κ1) is 17.3. The maximum Gasteiger partial charge on any atom is 0.274 e. The zero-order valence-corrected chi connectivity index (χ0v) is 13.7. The third-order valence-corrected chi connectivity index (χ3v) is 3.48. The molecule has 0 aliphatic heterocycles. The second-order valence-electron chi connectivity index (χ2n) is 4.96. The Labute approximate surface area is 139 Å². The molecule has 24 heavy (non-hydrogen) atoms. The molecule has 0 saturated heterocycles. The molecule has 0 aliphatic rings. The van der Waals surface area contributed by atoms with E-state index in [0.717, 1.165) is 0 Å². The number of hydrogen-bond acceptors (Lipinski definition) is 5. The van der Waals surface area contributed by atoms with E-state index in [2.05, 4.69) is 5.32 Å². The Morgan fingerprint density at radius 1 is 1.25 bits per heavy atom. The van der Waals surface area contributed by atoms with Crippen molar-refractivity contribution in [3.8, 4) is 11.5 Å². The molecule has 0 radical (unpaired) electrons. The fraction of sp³-hybridized carbons (Fsp3) is 0.235. The van der Waals surface area contributed by atoms with Crippen LogP contribution in [-0.2, 0) is 0 Å². The number of ether oxygens (including phenoxy) is 2. The van der Waals surface area contributed by atoms with E-state index in [4.69, 9.17) is 9.47 Å².